The first kappa shape index (κ1) is 20.0. The van der Waals surface area contributed by atoms with E-state index in [9.17, 15) is 4.79 Å². The maximum absolute atomic E-state index is 12.3. The van der Waals surface area contributed by atoms with Gasteiger partial charge in [0.1, 0.15) is 0 Å². The minimum absolute atomic E-state index is 0. The van der Waals surface area contributed by atoms with Gasteiger partial charge < -0.3 is 16.0 Å². The third-order valence-corrected chi connectivity index (χ3v) is 5.71. The van der Waals surface area contributed by atoms with Crippen molar-refractivity contribution in [2.45, 2.75) is 51.0 Å². The zero-order valence-corrected chi connectivity index (χ0v) is 15.0. The average Bonchev–Trinajstić information content (AvgIpc) is 2.91. The molecule has 2 unspecified atom stereocenters. The molecule has 2 atom stereocenters. The Morgan fingerprint density at radius 1 is 1.05 bits per heavy atom. The fourth-order valence-corrected chi connectivity index (χ4v) is 4.49. The molecular formula is C16H31Cl2N3O. The van der Waals surface area contributed by atoms with Crippen LogP contribution in [0.15, 0.2) is 0 Å². The Labute approximate surface area is 146 Å². The van der Waals surface area contributed by atoms with E-state index >= 15 is 0 Å². The molecule has 4 nitrogen and oxygen atoms in total. The van der Waals surface area contributed by atoms with E-state index in [0.717, 1.165) is 25.9 Å². The quantitative estimate of drug-likeness (QED) is 0.816. The van der Waals surface area contributed by atoms with E-state index < -0.39 is 0 Å². The zero-order chi connectivity index (χ0) is 13.9. The number of hydrogen-bond acceptors (Lipinski definition) is 3. The second-order valence-electron chi connectivity index (χ2n) is 7.04. The smallest absolute Gasteiger partial charge is 0.223 e. The fraction of sp³-hybridized carbons (Fsp3) is 0.938. The molecule has 0 spiro atoms. The largest absolute Gasteiger partial charge is 0.355 e. The molecule has 3 aliphatic rings. The highest BCUT2D eigenvalue weighted by Gasteiger charge is 2.40. The molecule has 0 aromatic heterocycles. The minimum atomic E-state index is 0. The molecule has 2 saturated carbocycles. The number of carbonyl (C=O) groups excluding carboxylic acids is 1. The lowest BCUT2D eigenvalue weighted by atomic mass is 9.65. The van der Waals surface area contributed by atoms with Crippen LogP contribution in [0.3, 0.4) is 0 Å². The molecule has 6 heteroatoms. The van der Waals surface area contributed by atoms with Crippen molar-refractivity contribution in [1.82, 2.24) is 10.2 Å². The summed E-state index contributed by atoms with van der Waals surface area (Å²) in [5, 5.41) is 3.16. The van der Waals surface area contributed by atoms with E-state index in [1.54, 1.807) is 0 Å². The van der Waals surface area contributed by atoms with Gasteiger partial charge in [0.2, 0.25) is 5.91 Å². The molecule has 0 aromatic carbocycles. The van der Waals surface area contributed by atoms with Crippen LogP contribution in [0.2, 0.25) is 0 Å². The molecule has 2 aliphatic carbocycles. The van der Waals surface area contributed by atoms with Gasteiger partial charge in [0.15, 0.2) is 0 Å². The van der Waals surface area contributed by atoms with E-state index in [1.165, 1.54) is 45.2 Å². The van der Waals surface area contributed by atoms with Crippen molar-refractivity contribution in [1.29, 1.82) is 0 Å². The highest BCUT2D eigenvalue weighted by molar-refractivity contribution is 5.85. The zero-order valence-electron chi connectivity index (χ0n) is 13.3. The van der Waals surface area contributed by atoms with Crippen LogP contribution in [-0.2, 0) is 4.79 Å². The maximum Gasteiger partial charge on any atom is 0.223 e. The number of halogens is 2. The van der Waals surface area contributed by atoms with E-state index in [1.807, 2.05) is 0 Å². The van der Waals surface area contributed by atoms with E-state index in [0.29, 0.717) is 17.9 Å². The Hall–Kier alpha value is -0.0300. The van der Waals surface area contributed by atoms with Gasteiger partial charge in [0.25, 0.3) is 0 Å². The van der Waals surface area contributed by atoms with Gasteiger partial charge in [-0.15, -0.1) is 24.8 Å². The predicted molar refractivity (Wildman–Crippen MR) is 94.7 cm³/mol. The van der Waals surface area contributed by atoms with Crippen LogP contribution in [0.5, 0.6) is 0 Å². The summed E-state index contributed by atoms with van der Waals surface area (Å²) in [4.78, 5) is 14.8. The molecular weight excluding hydrogens is 321 g/mol. The third-order valence-electron chi connectivity index (χ3n) is 5.71. The topological polar surface area (TPSA) is 58.4 Å². The lowest BCUT2D eigenvalue weighted by Gasteiger charge is -2.43. The first-order chi connectivity index (χ1) is 9.74. The number of nitrogens with zero attached hydrogens (tertiary/aromatic N) is 1. The number of nitrogens with one attached hydrogen (secondary N) is 1. The number of rotatable bonds is 4. The first-order valence-electron chi connectivity index (χ1n) is 8.49. The molecule has 1 amide bonds. The Kier molecular flexibility index (Phi) is 8.47. The molecule has 3 N–H and O–H groups in total. The van der Waals surface area contributed by atoms with Crippen molar-refractivity contribution < 1.29 is 4.79 Å². The number of amides is 1. The van der Waals surface area contributed by atoms with Crippen LogP contribution in [0.25, 0.3) is 0 Å². The fourth-order valence-electron chi connectivity index (χ4n) is 4.49. The Bertz CT molecular complexity index is 336. The SMILES string of the molecule is Cl.Cl.NC1C2CCCC1CC(C(=O)NCCN1CCCC1)C2. The minimum Gasteiger partial charge on any atom is -0.355 e. The third kappa shape index (κ3) is 4.73. The normalized spacial score (nSPS) is 34.4. The van der Waals surface area contributed by atoms with Crippen molar-refractivity contribution in [2.24, 2.45) is 23.5 Å². The molecule has 1 saturated heterocycles. The molecule has 0 radical (unpaired) electrons. The van der Waals surface area contributed by atoms with Crippen LogP contribution in [0.1, 0.15) is 44.9 Å². The summed E-state index contributed by atoms with van der Waals surface area (Å²) in [5.41, 5.74) is 6.29. The molecule has 22 heavy (non-hydrogen) atoms. The van der Waals surface area contributed by atoms with Crippen molar-refractivity contribution >= 4 is 30.7 Å². The van der Waals surface area contributed by atoms with Gasteiger partial charge >= 0.3 is 0 Å². The number of carbonyl (C=O) groups is 1. The summed E-state index contributed by atoms with van der Waals surface area (Å²) in [6.07, 6.45) is 8.45. The van der Waals surface area contributed by atoms with Crippen LogP contribution in [0.4, 0.5) is 0 Å². The second-order valence-corrected chi connectivity index (χ2v) is 7.04. The van der Waals surface area contributed by atoms with Crippen LogP contribution < -0.4 is 11.1 Å². The number of hydrogen-bond donors (Lipinski definition) is 2. The second kappa shape index (κ2) is 9.31. The highest BCUT2D eigenvalue weighted by atomic mass is 35.5. The lowest BCUT2D eigenvalue weighted by Crippen LogP contribution is -2.49. The van der Waals surface area contributed by atoms with Crippen molar-refractivity contribution in [2.75, 3.05) is 26.2 Å². The molecule has 1 heterocycles. The van der Waals surface area contributed by atoms with Gasteiger partial charge in [0.05, 0.1) is 0 Å². The molecule has 3 rings (SSSR count). The summed E-state index contributed by atoms with van der Waals surface area (Å²) in [6.45, 7) is 4.25. The van der Waals surface area contributed by atoms with E-state index in [4.69, 9.17) is 5.73 Å². The number of fused-ring (bicyclic) bond motifs is 2. The lowest BCUT2D eigenvalue weighted by molar-refractivity contribution is -0.127. The Morgan fingerprint density at radius 2 is 1.64 bits per heavy atom. The summed E-state index contributed by atoms with van der Waals surface area (Å²) in [5.74, 6) is 1.70. The molecule has 130 valence electrons. The predicted octanol–water partition coefficient (Wildman–Crippen LogP) is 2.20. The summed E-state index contributed by atoms with van der Waals surface area (Å²) in [6, 6.07) is 0.359. The maximum atomic E-state index is 12.3. The standard InChI is InChI=1S/C16H29N3O.2ClH/c17-15-12-4-3-5-13(15)11-14(10-12)16(20)18-6-9-19-7-1-2-8-19;;/h12-15H,1-11,17H2,(H,18,20);2*1H. The molecule has 3 fully saturated rings. The van der Waals surface area contributed by atoms with Crippen molar-refractivity contribution in [3.63, 3.8) is 0 Å². The number of nitrogens with two attached hydrogens (primary N) is 1. The average molecular weight is 352 g/mol. The monoisotopic (exact) mass is 351 g/mol. The van der Waals surface area contributed by atoms with Gasteiger partial charge in [-0.1, -0.05) is 6.42 Å². The summed E-state index contributed by atoms with van der Waals surface area (Å²) >= 11 is 0. The van der Waals surface area contributed by atoms with Crippen molar-refractivity contribution in [3.8, 4) is 0 Å². The Balaban J connectivity index is 0.00000121. The van der Waals surface area contributed by atoms with Gasteiger partial charge in [-0.2, -0.15) is 0 Å². The molecule has 1 aliphatic heterocycles. The number of likely N-dealkylation sites (tertiary alicyclic amines) is 1. The molecule has 0 aromatic rings. The van der Waals surface area contributed by atoms with E-state index in [-0.39, 0.29) is 36.6 Å². The molecule has 2 bridgehead atoms. The van der Waals surface area contributed by atoms with Gasteiger partial charge in [0, 0.05) is 25.0 Å². The van der Waals surface area contributed by atoms with Gasteiger partial charge in [-0.25, -0.2) is 0 Å². The van der Waals surface area contributed by atoms with Gasteiger partial charge in [-0.05, 0) is 63.5 Å². The van der Waals surface area contributed by atoms with Crippen LogP contribution in [-0.4, -0.2) is 43.0 Å². The first-order valence-corrected chi connectivity index (χ1v) is 8.49. The summed E-state index contributed by atoms with van der Waals surface area (Å²) < 4.78 is 0. The van der Waals surface area contributed by atoms with Crippen LogP contribution >= 0.6 is 24.8 Å². The van der Waals surface area contributed by atoms with Gasteiger partial charge in [-0.3, -0.25) is 4.79 Å². The summed E-state index contributed by atoms with van der Waals surface area (Å²) in [7, 11) is 0. The van der Waals surface area contributed by atoms with Crippen molar-refractivity contribution in [3.05, 3.63) is 0 Å². The Morgan fingerprint density at radius 3 is 2.23 bits per heavy atom. The van der Waals surface area contributed by atoms with Crippen LogP contribution in [0, 0.1) is 17.8 Å². The highest BCUT2D eigenvalue weighted by Crippen LogP contribution is 2.41. The van der Waals surface area contributed by atoms with E-state index in [2.05, 4.69) is 10.2 Å².